The van der Waals surface area contributed by atoms with Crippen LogP contribution in [0.25, 0.3) is 0 Å². The third-order valence-corrected chi connectivity index (χ3v) is 5.95. The van der Waals surface area contributed by atoms with Crippen LogP contribution in [0.1, 0.15) is 23.1 Å². The molecule has 1 aliphatic heterocycles. The number of nitrogens with zero attached hydrogens (tertiary/aromatic N) is 1. The van der Waals surface area contributed by atoms with Crippen molar-refractivity contribution in [2.75, 3.05) is 14.2 Å². The van der Waals surface area contributed by atoms with E-state index in [1.54, 1.807) is 14.2 Å². The van der Waals surface area contributed by atoms with Gasteiger partial charge in [0.25, 0.3) is 0 Å². The van der Waals surface area contributed by atoms with Crippen LogP contribution in [0, 0.1) is 0 Å². The topological polar surface area (TPSA) is 48.0 Å². The molecule has 0 N–H and O–H groups in total. The van der Waals surface area contributed by atoms with E-state index < -0.39 is 0 Å². The summed E-state index contributed by atoms with van der Waals surface area (Å²) in [6.07, 6.45) is 0.956. The van der Waals surface area contributed by atoms with E-state index in [0.717, 1.165) is 34.6 Å². The van der Waals surface area contributed by atoms with Crippen LogP contribution in [-0.2, 0) is 29.1 Å². The van der Waals surface area contributed by atoms with Crippen LogP contribution >= 0.6 is 0 Å². The highest BCUT2D eigenvalue weighted by molar-refractivity contribution is 5.80. The first-order valence-electron chi connectivity index (χ1n) is 10.9. The number of carbonyl (C=O) groups is 1. The summed E-state index contributed by atoms with van der Waals surface area (Å²) in [6.45, 7) is 1.04. The predicted octanol–water partition coefficient (Wildman–Crippen LogP) is 4.63. The van der Waals surface area contributed by atoms with Crippen LogP contribution in [0.3, 0.4) is 0 Å². The molecule has 1 aliphatic rings. The number of ether oxygens (including phenoxy) is 3. The normalized spacial score (nSPS) is 18.1. The zero-order chi connectivity index (χ0) is 22.3. The Balaban J connectivity index is 1.53. The maximum absolute atomic E-state index is 13.0. The van der Waals surface area contributed by atoms with Crippen molar-refractivity contribution in [3.8, 4) is 11.5 Å². The van der Waals surface area contributed by atoms with E-state index in [2.05, 4.69) is 12.1 Å². The SMILES string of the molecule is COc1ccc(C[C@@H]2[C@@H](OCc3ccccc3)CC(=O)N2Cc2ccc(OC)cc2)cc1. The largest absolute Gasteiger partial charge is 0.497 e. The molecule has 0 aromatic heterocycles. The van der Waals surface area contributed by atoms with Gasteiger partial charge in [0, 0.05) is 6.54 Å². The summed E-state index contributed by atoms with van der Waals surface area (Å²) in [7, 11) is 3.31. The van der Waals surface area contributed by atoms with E-state index in [4.69, 9.17) is 14.2 Å². The van der Waals surface area contributed by atoms with Gasteiger partial charge in [-0.15, -0.1) is 0 Å². The molecule has 32 heavy (non-hydrogen) atoms. The first kappa shape index (κ1) is 21.9. The van der Waals surface area contributed by atoms with Crippen molar-refractivity contribution in [3.05, 3.63) is 95.6 Å². The van der Waals surface area contributed by atoms with Gasteiger partial charge >= 0.3 is 0 Å². The number of benzene rings is 3. The van der Waals surface area contributed by atoms with Crippen molar-refractivity contribution in [1.29, 1.82) is 0 Å². The second kappa shape index (κ2) is 10.3. The lowest BCUT2D eigenvalue weighted by atomic mass is 10.0. The summed E-state index contributed by atoms with van der Waals surface area (Å²) in [5, 5.41) is 0. The minimum absolute atomic E-state index is 0.0401. The van der Waals surface area contributed by atoms with Gasteiger partial charge in [-0.25, -0.2) is 0 Å². The Bertz CT molecular complexity index is 1000. The van der Waals surface area contributed by atoms with Gasteiger partial charge in [-0.2, -0.15) is 0 Å². The fourth-order valence-corrected chi connectivity index (χ4v) is 4.14. The molecule has 5 nitrogen and oxygen atoms in total. The molecule has 1 fully saturated rings. The first-order valence-corrected chi connectivity index (χ1v) is 10.9. The molecule has 1 heterocycles. The zero-order valence-electron chi connectivity index (χ0n) is 18.6. The smallest absolute Gasteiger partial charge is 0.225 e. The first-order chi connectivity index (χ1) is 15.7. The average Bonchev–Trinajstić information content (AvgIpc) is 3.13. The van der Waals surface area contributed by atoms with Crippen molar-refractivity contribution in [2.24, 2.45) is 0 Å². The molecule has 1 amide bonds. The Morgan fingerprint density at radius 3 is 1.97 bits per heavy atom. The fourth-order valence-electron chi connectivity index (χ4n) is 4.14. The number of methoxy groups -OCH3 is 2. The Labute approximate surface area is 189 Å². The Hall–Kier alpha value is -3.31. The zero-order valence-corrected chi connectivity index (χ0v) is 18.6. The molecule has 0 saturated carbocycles. The third-order valence-electron chi connectivity index (χ3n) is 5.95. The molecular formula is C27H29NO4. The Morgan fingerprint density at radius 2 is 1.38 bits per heavy atom. The van der Waals surface area contributed by atoms with E-state index in [1.165, 1.54) is 0 Å². The van der Waals surface area contributed by atoms with Gasteiger partial charge in [0.2, 0.25) is 5.91 Å². The molecular weight excluding hydrogens is 402 g/mol. The molecule has 5 heteroatoms. The predicted molar refractivity (Wildman–Crippen MR) is 124 cm³/mol. The number of amides is 1. The Morgan fingerprint density at radius 1 is 0.781 bits per heavy atom. The highest BCUT2D eigenvalue weighted by Gasteiger charge is 2.40. The second-order valence-electron chi connectivity index (χ2n) is 8.03. The molecule has 0 aliphatic carbocycles. The van der Waals surface area contributed by atoms with E-state index >= 15 is 0 Å². The molecule has 4 rings (SSSR count). The molecule has 1 saturated heterocycles. The maximum atomic E-state index is 13.0. The molecule has 0 spiro atoms. The van der Waals surface area contributed by atoms with Gasteiger partial charge < -0.3 is 19.1 Å². The number of carbonyl (C=O) groups excluding carboxylic acids is 1. The second-order valence-corrected chi connectivity index (χ2v) is 8.03. The van der Waals surface area contributed by atoms with Crippen molar-refractivity contribution >= 4 is 5.91 Å². The lowest BCUT2D eigenvalue weighted by Gasteiger charge is -2.29. The van der Waals surface area contributed by atoms with Crippen molar-refractivity contribution < 1.29 is 19.0 Å². The quantitative estimate of drug-likeness (QED) is 0.496. The molecule has 166 valence electrons. The lowest BCUT2D eigenvalue weighted by Crippen LogP contribution is -2.39. The van der Waals surface area contributed by atoms with E-state index in [0.29, 0.717) is 19.6 Å². The van der Waals surface area contributed by atoms with Crippen molar-refractivity contribution in [3.63, 3.8) is 0 Å². The summed E-state index contributed by atoms with van der Waals surface area (Å²) in [4.78, 5) is 15.0. The van der Waals surface area contributed by atoms with Gasteiger partial charge in [0.1, 0.15) is 11.5 Å². The standard InChI is InChI=1S/C27H29NO4/c1-30-23-12-8-20(9-13-23)16-25-26(32-19-22-6-4-3-5-7-22)17-27(29)28(25)18-21-10-14-24(31-2)15-11-21/h3-15,25-26H,16-19H2,1-2H3/t25-,26+/m1/s1. The minimum atomic E-state index is -0.164. The van der Waals surface area contributed by atoms with Crippen LogP contribution in [0.15, 0.2) is 78.9 Å². The number of likely N-dealkylation sites (tertiary alicyclic amines) is 1. The number of hydrogen-bond acceptors (Lipinski definition) is 4. The summed E-state index contributed by atoms with van der Waals surface area (Å²) >= 11 is 0. The van der Waals surface area contributed by atoms with Crippen molar-refractivity contribution in [1.82, 2.24) is 4.90 Å². The highest BCUT2D eigenvalue weighted by Crippen LogP contribution is 2.29. The summed E-state index contributed by atoms with van der Waals surface area (Å²) < 4.78 is 16.8. The maximum Gasteiger partial charge on any atom is 0.225 e. The van der Waals surface area contributed by atoms with E-state index in [-0.39, 0.29) is 18.1 Å². The van der Waals surface area contributed by atoms with Crippen LogP contribution in [-0.4, -0.2) is 37.2 Å². The van der Waals surface area contributed by atoms with Gasteiger partial charge in [-0.3, -0.25) is 4.79 Å². The van der Waals surface area contributed by atoms with Gasteiger partial charge in [-0.1, -0.05) is 54.6 Å². The van der Waals surface area contributed by atoms with Gasteiger partial charge in [-0.05, 0) is 47.4 Å². The summed E-state index contributed by atoms with van der Waals surface area (Å²) in [5.41, 5.74) is 3.33. The van der Waals surface area contributed by atoms with Gasteiger partial charge in [0.05, 0.1) is 39.4 Å². The molecule has 3 aromatic carbocycles. The third kappa shape index (κ3) is 5.29. The van der Waals surface area contributed by atoms with Crippen molar-refractivity contribution in [2.45, 2.75) is 38.1 Å². The lowest BCUT2D eigenvalue weighted by molar-refractivity contribution is -0.129. The van der Waals surface area contributed by atoms with Crippen LogP contribution < -0.4 is 9.47 Å². The highest BCUT2D eigenvalue weighted by atomic mass is 16.5. The number of hydrogen-bond donors (Lipinski definition) is 0. The summed E-state index contributed by atoms with van der Waals surface area (Å²) in [6, 6.07) is 26.0. The Kier molecular flexibility index (Phi) is 7.07. The monoisotopic (exact) mass is 431 g/mol. The van der Waals surface area contributed by atoms with Gasteiger partial charge in [0.15, 0.2) is 0 Å². The molecule has 0 radical (unpaired) electrons. The summed E-state index contributed by atoms with van der Waals surface area (Å²) in [5.74, 6) is 1.75. The van der Waals surface area contributed by atoms with Crippen LogP contribution in [0.4, 0.5) is 0 Å². The van der Waals surface area contributed by atoms with Crippen LogP contribution in [0.5, 0.6) is 11.5 Å². The molecule has 0 unspecified atom stereocenters. The van der Waals surface area contributed by atoms with Crippen LogP contribution in [0.2, 0.25) is 0 Å². The minimum Gasteiger partial charge on any atom is -0.497 e. The number of rotatable bonds is 9. The molecule has 3 aromatic rings. The van der Waals surface area contributed by atoms with E-state index in [9.17, 15) is 4.79 Å². The average molecular weight is 432 g/mol. The molecule has 2 atom stereocenters. The van der Waals surface area contributed by atoms with E-state index in [1.807, 2.05) is 71.6 Å². The fraction of sp³-hybridized carbons (Fsp3) is 0.296. The molecule has 0 bridgehead atoms.